The van der Waals surface area contributed by atoms with Gasteiger partial charge in [0.25, 0.3) is 0 Å². The molecule has 1 aliphatic rings. The van der Waals surface area contributed by atoms with Crippen LogP contribution in [0.1, 0.15) is 50.7 Å². The predicted molar refractivity (Wildman–Crippen MR) is 80.2 cm³/mol. The maximum absolute atomic E-state index is 14.2. The van der Waals surface area contributed by atoms with Crippen LogP contribution in [0.2, 0.25) is 0 Å². The van der Waals surface area contributed by atoms with Crippen molar-refractivity contribution in [1.82, 2.24) is 0 Å². The molecule has 0 bridgehead atoms. The summed E-state index contributed by atoms with van der Waals surface area (Å²) in [4.78, 5) is 14.1. The van der Waals surface area contributed by atoms with Gasteiger partial charge in [-0.3, -0.25) is 4.79 Å². The molecule has 104 valence electrons. The highest BCUT2D eigenvalue weighted by molar-refractivity contribution is 7.10. The van der Waals surface area contributed by atoms with E-state index in [1.54, 1.807) is 11.3 Å². The van der Waals surface area contributed by atoms with Crippen LogP contribution in [0.25, 0.3) is 0 Å². The Morgan fingerprint density at radius 2 is 2.15 bits per heavy atom. The Morgan fingerprint density at radius 3 is 2.90 bits per heavy atom. The van der Waals surface area contributed by atoms with E-state index in [0.717, 1.165) is 36.0 Å². The van der Waals surface area contributed by atoms with Gasteiger partial charge in [-0.1, -0.05) is 6.07 Å². The molecule has 3 heteroatoms. The SMILES string of the molecule is Cc1cc(C)c(C(=O)C2CCCc3sccc32)c(F)c1. The Bertz CT molecular complexity index is 648. The molecule has 1 aromatic heterocycles. The van der Waals surface area contributed by atoms with E-state index in [9.17, 15) is 9.18 Å². The molecule has 1 aromatic carbocycles. The summed E-state index contributed by atoms with van der Waals surface area (Å²) in [5.41, 5.74) is 3.00. The molecule has 0 N–H and O–H groups in total. The van der Waals surface area contributed by atoms with E-state index in [-0.39, 0.29) is 23.1 Å². The smallest absolute Gasteiger partial charge is 0.173 e. The molecule has 0 radical (unpaired) electrons. The average Bonchev–Trinajstić information content (AvgIpc) is 2.85. The van der Waals surface area contributed by atoms with Gasteiger partial charge in [0.1, 0.15) is 5.82 Å². The molecule has 0 saturated heterocycles. The quantitative estimate of drug-likeness (QED) is 0.725. The Balaban J connectivity index is 2.03. The largest absolute Gasteiger partial charge is 0.293 e. The molecule has 1 atom stereocenters. The van der Waals surface area contributed by atoms with E-state index in [4.69, 9.17) is 0 Å². The average molecular weight is 288 g/mol. The van der Waals surface area contributed by atoms with Gasteiger partial charge < -0.3 is 0 Å². The van der Waals surface area contributed by atoms with Crippen molar-refractivity contribution in [3.8, 4) is 0 Å². The maximum atomic E-state index is 14.2. The summed E-state index contributed by atoms with van der Waals surface area (Å²) in [5.74, 6) is -0.602. The second-order valence-electron chi connectivity index (χ2n) is 5.55. The van der Waals surface area contributed by atoms with Crippen LogP contribution >= 0.6 is 11.3 Å². The first kappa shape index (κ1) is 13.5. The second-order valence-corrected chi connectivity index (χ2v) is 6.55. The fourth-order valence-electron chi connectivity index (χ4n) is 3.16. The molecular formula is C17H17FOS. The zero-order valence-corrected chi connectivity index (χ0v) is 12.5. The van der Waals surface area contributed by atoms with Crippen LogP contribution in [0.5, 0.6) is 0 Å². The van der Waals surface area contributed by atoms with Crippen LogP contribution in [0, 0.1) is 19.7 Å². The highest BCUT2D eigenvalue weighted by Gasteiger charge is 2.30. The fraction of sp³-hybridized carbons (Fsp3) is 0.353. The first-order valence-electron chi connectivity index (χ1n) is 6.95. The van der Waals surface area contributed by atoms with Gasteiger partial charge in [0.15, 0.2) is 5.78 Å². The van der Waals surface area contributed by atoms with E-state index in [2.05, 4.69) is 0 Å². The third-order valence-electron chi connectivity index (χ3n) is 4.05. The number of hydrogen-bond donors (Lipinski definition) is 0. The van der Waals surface area contributed by atoms with Crippen LogP contribution in [0.4, 0.5) is 4.39 Å². The molecule has 0 amide bonds. The van der Waals surface area contributed by atoms with Crippen molar-refractivity contribution >= 4 is 17.1 Å². The topological polar surface area (TPSA) is 17.1 Å². The number of ketones is 1. The Morgan fingerprint density at radius 1 is 1.35 bits per heavy atom. The Hall–Kier alpha value is -1.48. The van der Waals surface area contributed by atoms with Gasteiger partial charge >= 0.3 is 0 Å². The van der Waals surface area contributed by atoms with E-state index in [0.29, 0.717) is 0 Å². The first-order chi connectivity index (χ1) is 9.58. The number of thiophene rings is 1. The monoisotopic (exact) mass is 288 g/mol. The lowest BCUT2D eigenvalue weighted by Crippen LogP contribution is -2.19. The second kappa shape index (κ2) is 5.13. The lowest BCUT2D eigenvalue weighted by atomic mass is 9.81. The van der Waals surface area contributed by atoms with Gasteiger partial charge in [0.2, 0.25) is 0 Å². The van der Waals surface area contributed by atoms with Gasteiger partial charge in [0, 0.05) is 10.8 Å². The van der Waals surface area contributed by atoms with Gasteiger partial charge in [-0.2, -0.15) is 0 Å². The van der Waals surface area contributed by atoms with Crippen LogP contribution in [0.3, 0.4) is 0 Å². The predicted octanol–water partition coefficient (Wildman–Crippen LogP) is 4.81. The minimum absolute atomic E-state index is 0.0562. The van der Waals surface area contributed by atoms with Gasteiger partial charge in [-0.15, -0.1) is 11.3 Å². The molecule has 0 aliphatic heterocycles. The minimum atomic E-state index is -0.380. The summed E-state index contributed by atoms with van der Waals surface area (Å²) >= 11 is 1.71. The molecule has 2 aromatic rings. The number of carbonyl (C=O) groups excluding carboxylic acids is 1. The molecule has 20 heavy (non-hydrogen) atoms. The summed E-state index contributed by atoms with van der Waals surface area (Å²) in [7, 11) is 0. The standard InChI is InChI=1S/C17H17FOS/c1-10-8-11(2)16(14(18)9-10)17(19)13-4-3-5-15-12(13)6-7-20-15/h6-9,13H,3-5H2,1-2H3. The Kier molecular flexibility index (Phi) is 3.47. The third-order valence-corrected chi connectivity index (χ3v) is 5.04. The van der Waals surface area contributed by atoms with Crippen molar-refractivity contribution in [2.75, 3.05) is 0 Å². The molecule has 1 heterocycles. The summed E-state index contributed by atoms with van der Waals surface area (Å²) in [6, 6.07) is 5.37. The summed E-state index contributed by atoms with van der Waals surface area (Å²) < 4.78 is 14.2. The minimum Gasteiger partial charge on any atom is -0.293 e. The van der Waals surface area contributed by atoms with Crippen molar-refractivity contribution < 1.29 is 9.18 Å². The van der Waals surface area contributed by atoms with E-state index >= 15 is 0 Å². The lowest BCUT2D eigenvalue weighted by molar-refractivity contribution is 0.0946. The number of aryl methyl sites for hydroxylation is 3. The number of carbonyl (C=O) groups is 1. The van der Waals surface area contributed by atoms with Crippen molar-refractivity contribution in [2.45, 2.75) is 39.0 Å². The first-order valence-corrected chi connectivity index (χ1v) is 7.83. The van der Waals surface area contributed by atoms with Crippen molar-refractivity contribution in [1.29, 1.82) is 0 Å². The number of rotatable bonds is 2. The number of fused-ring (bicyclic) bond motifs is 1. The maximum Gasteiger partial charge on any atom is 0.173 e. The molecule has 0 saturated carbocycles. The molecule has 1 aliphatic carbocycles. The summed E-state index contributed by atoms with van der Waals surface area (Å²) in [6.07, 6.45) is 2.89. The third kappa shape index (κ3) is 2.20. The van der Waals surface area contributed by atoms with E-state index in [1.165, 1.54) is 10.9 Å². The number of benzene rings is 1. The highest BCUT2D eigenvalue weighted by Crippen LogP contribution is 2.37. The molecule has 3 rings (SSSR count). The van der Waals surface area contributed by atoms with Crippen LogP contribution in [-0.4, -0.2) is 5.78 Å². The summed E-state index contributed by atoms with van der Waals surface area (Å²) in [6.45, 7) is 3.67. The van der Waals surface area contributed by atoms with Crippen molar-refractivity contribution in [3.05, 3.63) is 56.5 Å². The van der Waals surface area contributed by atoms with Crippen molar-refractivity contribution in [2.24, 2.45) is 0 Å². The van der Waals surface area contributed by atoms with E-state index in [1.807, 2.05) is 31.4 Å². The molecule has 1 nitrogen and oxygen atoms in total. The highest BCUT2D eigenvalue weighted by atomic mass is 32.1. The van der Waals surface area contributed by atoms with Crippen molar-refractivity contribution in [3.63, 3.8) is 0 Å². The van der Waals surface area contributed by atoms with Crippen LogP contribution < -0.4 is 0 Å². The van der Waals surface area contributed by atoms with Gasteiger partial charge in [0.05, 0.1) is 5.56 Å². The zero-order valence-electron chi connectivity index (χ0n) is 11.7. The zero-order chi connectivity index (χ0) is 14.3. The van der Waals surface area contributed by atoms with Crippen LogP contribution in [-0.2, 0) is 6.42 Å². The van der Waals surface area contributed by atoms with Gasteiger partial charge in [-0.25, -0.2) is 4.39 Å². The fourth-order valence-corrected chi connectivity index (χ4v) is 4.15. The molecule has 0 spiro atoms. The van der Waals surface area contributed by atoms with Gasteiger partial charge in [-0.05, 0) is 67.3 Å². The molecule has 1 unspecified atom stereocenters. The Labute approximate surface area is 122 Å². The number of hydrogen-bond acceptors (Lipinski definition) is 2. The normalized spacial score (nSPS) is 17.9. The van der Waals surface area contributed by atoms with Crippen LogP contribution in [0.15, 0.2) is 23.6 Å². The number of halogens is 1. The summed E-state index contributed by atoms with van der Waals surface area (Å²) in [5, 5.41) is 2.04. The lowest BCUT2D eigenvalue weighted by Gasteiger charge is -2.22. The number of Topliss-reactive ketones (excluding diaryl/α,β-unsaturated/α-hetero) is 1. The van der Waals surface area contributed by atoms with E-state index < -0.39 is 0 Å². The molecular weight excluding hydrogens is 271 g/mol. The molecule has 0 fully saturated rings.